The van der Waals surface area contributed by atoms with Gasteiger partial charge in [-0.1, -0.05) is 39.8 Å². The topological polar surface area (TPSA) is 371 Å². The van der Waals surface area contributed by atoms with Gasteiger partial charge in [-0.3, -0.25) is 38.6 Å². The first-order valence-corrected chi connectivity index (χ1v) is 20.6. The quantitative estimate of drug-likeness (QED) is 0.0281. The van der Waals surface area contributed by atoms with Gasteiger partial charge in [0.1, 0.15) is 36.0 Å². The van der Waals surface area contributed by atoms with Crippen molar-refractivity contribution in [2.75, 3.05) is 13.1 Å². The van der Waals surface area contributed by atoms with Crippen LogP contribution in [0.2, 0.25) is 0 Å². The number of phenolic OH excluding ortho intramolecular Hbond substituents is 1. The highest BCUT2D eigenvalue weighted by Crippen LogP contribution is 2.21. The molecule has 1 heterocycles. The summed E-state index contributed by atoms with van der Waals surface area (Å²) in [6, 6.07) is -3.17. The van der Waals surface area contributed by atoms with Crippen molar-refractivity contribution in [3.63, 3.8) is 0 Å². The molecule has 0 saturated carbocycles. The summed E-state index contributed by atoms with van der Waals surface area (Å²) in [5.41, 5.74) is 17.6. The number of aliphatic hydroxyl groups excluding tert-OH is 1. The molecule has 62 heavy (non-hydrogen) atoms. The van der Waals surface area contributed by atoms with Gasteiger partial charge in [-0.25, -0.2) is 4.79 Å². The third-order valence-corrected chi connectivity index (χ3v) is 10.0. The van der Waals surface area contributed by atoms with Crippen molar-refractivity contribution < 1.29 is 58.8 Å². The van der Waals surface area contributed by atoms with E-state index in [9.17, 15) is 58.8 Å². The average molecular weight is 877 g/mol. The molecule has 0 bridgehead atoms. The van der Waals surface area contributed by atoms with E-state index in [1.807, 2.05) is 0 Å². The number of carbonyl (C=O) groups excluding carboxylic acids is 6. The smallest absolute Gasteiger partial charge is 0.328 e. The number of phenols is 1. The number of aliphatic imine (C=N–C) groups is 1. The number of rotatable bonds is 25. The summed E-state index contributed by atoms with van der Waals surface area (Å²) in [5.74, 6) is -8.28. The first-order valence-electron chi connectivity index (χ1n) is 20.6. The number of aliphatic carboxylic acids is 2. The lowest BCUT2D eigenvalue weighted by molar-refractivity contribution is -0.145. The fraction of sp³-hybridized carbons (Fsp3) is 0.625. The van der Waals surface area contributed by atoms with Crippen molar-refractivity contribution in [2.24, 2.45) is 34.0 Å². The fourth-order valence-corrected chi connectivity index (χ4v) is 6.72. The van der Waals surface area contributed by atoms with Crippen molar-refractivity contribution in [1.82, 2.24) is 31.5 Å². The van der Waals surface area contributed by atoms with Gasteiger partial charge in [-0.15, -0.1) is 0 Å². The van der Waals surface area contributed by atoms with E-state index in [-0.39, 0.29) is 69.2 Å². The van der Waals surface area contributed by atoms with Crippen LogP contribution in [0.5, 0.6) is 5.75 Å². The van der Waals surface area contributed by atoms with Crippen LogP contribution in [0.15, 0.2) is 29.3 Å². The van der Waals surface area contributed by atoms with Crippen LogP contribution in [0.25, 0.3) is 0 Å². The largest absolute Gasteiger partial charge is 0.508 e. The highest BCUT2D eigenvalue weighted by atomic mass is 16.4. The molecule has 0 aliphatic carbocycles. The number of aromatic hydroxyl groups is 1. The lowest BCUT2D eigenvalue weighted by atomic mass is 9.99. The number of guanidine groups is 1. The van der Waals surface area contributed by atoms with Gasteiger partial charge in [0, 0.05) is 19.5 Å². The number of nitrogens with zero attached hydrogens (tertiary/aromatic N) is 2. The normalized spacial score (nSPS) is 17.0. The van der Waals surface area contributed by atoms with Crippen LogP contribution in [0, 0.1) is 11.8 Å². The third-order valence-electron chi connectivity index (χ3n) is 10.0. The fourth-order valence-electron chi connectivity index (χ4n) is 6.72. The van der Waals surface area contributed by atoms with E-state index < -0.39 is 108 Å². The molecule has 22 heteroatoms. The Morgan fingerprint density at radius 1 is 0.790 bits per heavy atom. The Labute approximate surface area is 360 Å². The highest BCUT2D eigenvalue weighted by molar-refractivity contribution is 5.97. The van der Waals surface area contributed by atoms with E-state index >= 15 is 0 Å². The van der Waals surface area contributed by atoms with E-state index in [4.69, 9.17) is 17.2 Å². The summed E-state index contributed by atoms with van der Waals surface area (Å²) in [7, 11) is 0. The number of nitrogens with two attached hydrogens (primary N) is 3. The molecule has 6 amide bonds. The van der Waals surface area contributed by atoms with Crippen LogP contribution in [-0.4, -0.2) is 140 Å². The van der Waals surface area contributed by atoms with Crippen LogP contribution < -0.4 is 43.8 Å². The zero-order valence-electron chi connectivity index (χ0n) is 35.8. The molecule has 2 rings (SSSR count). The zero-order chi connectivity index (χ0) is 46.8. The number of amides is 6. The second kappa shape index (κ2) is 25.0. The van der Waals surface area contributed by atoms with Crippen LogP contribution in [0.1, 0.15) is 85.1 Å². The minimum atomic E-state index is -1.65. The number of nitrogens with one attached hydrogen (secondary N) is 5. The monoisotopic (exact) mass is 876 g/mol. The minimum absolute atomic E-state index is 0.00593. The molecule has 22 nitrogen and oxygen atoms in total. The summed E-state index contributed by atoms with van der Waals surface area (Å²) in [4.78, 5) is 110. The highest BCUT2D eigenvalue weighted by Gasteiger charge is 2.40. The van der Waals surface area contributed by atoms with Crippen molar-refractivity contribution in [3.05, 3.63) is 29.8 Å². The van der Waals surface area contributed by atoms with Crippen LogP contribution >= 0.6 is 0 Å². The van der Waals surface area contributed by atoms with E-state index in [2.05, 4.69) is 31.6 Å². The molecule has 8 atom stereocenters. The van der Waals surface area contributed by atoms with Gasteiger partial charge in [-0.2, -0.15) is 0 Å². The van der Waals surface area contributed by atoms with Crippen molar-refractivity contribution in [3.8, 4) is 5.75 Å². The van der Waals surface area contributed by atoms with Gasteiger partial charge < -0.3 is 69.1 Å². The molecule has 346 valence electrons. The Hall–Kier alpha value is -6.03. The molecule has 0 spiro atoms. The van der Waals surface area contributed by atoms with Gasteiger partial charge in [0.2, 0.25) is 35.4 Å². The van der Waals surface area contributed by atoms with Gasteiger partial charge in [0.25, 0.3) is 0 Å². The Kier molecular flexibility index (Phi) is 21.0. The van der Waals surface area contributed by atoms with Crippen molar-refractivity contribution in [1.29, 1.82) is 0 Å². The number of carbonyl (C=O) groups is 8. The van der Waals surface area contributed by atoms with Crippen molar-refractivity contribution in [2.45, 2.75) is 134 Å². The van der Waals surface area contributed by atoms with Crippen molar-refractivity contribution >= 4 is 53.3 Å². The number of aliphatic hydroxyl groups is 1. The molecular weight excluding hydrogens is 812 g/mol. The summed E-state index contributed by atoms with van der Waals surface area (Å²) in [5, 5.41) is 50.9. The van der Waals surface area contributed by atoms with Gasteiger partial charge in [0.15, 0.2) is 12.0 Å². The SMILES string of the molecule is CC(C)C[C@H](NC(=O)[C@@H]1CCCN1C(=O)[C@H](CCCN=C(N)N)NC(=O)[C@H](CCC(=O)O)NC(=O)[C@@H](N)Cc1ccc(O)cc1)C(=O)N[C@H](C(=O)N[C@H](C(=O)O)[C@@H](C)O)C(C)C. The zero-order valence-corrected chi connectivity index (χ0v) is 35.8. The third kappa shape index (κ3) is 17.1. The number of carboxylic acids is 2. The predicted octanol–water partition coefficient (Wildman–Crippen LogP) is -2.24. The van der Waals surface area contributed by atoms with Gasteiger partial charge in [-0.05, 0) is 81.4 Å². The maximum atomic E-state index is 14.3. The first-order chi connectivity index (χ1) is 29.0. The molecule has 0 radical (unpaired) electrons. The number of benzene rings is 1. The summed E-state index contributed by atoms with van der Waals surface area (Å²) in [6.45, 7) is 8.18. The Bertz CT molecular complexity index is 1750. The summed E-state index contributed by atoms with van der Waals surface area (Å²) < 4.78 is 0. The second-order valence-corrected chi connectivity index (χ2v) is 16.2. The molecule has 0 unspecified atom stereocenters. The Morgan fingerprint density at radius 2 is 1.39 bits per heavy atom. The second-order valence-electron chi connectivity index (χ2n) is 16.2. The number of carboxylic acid groups (broad SMARTS) is 2. The summed E-state index contributed by atoms with van der Waals surface area (Å²) >= 11 is 0. The molecule has 15 N–H and O–H groups in total. The Morgan fingerprint density at radius 3 is 1.94 bits per heavy atom. The average Bonchev–Trinajstić information content (AvgIpc) is 3.68. The van der Waals surface area contributed by atoms with E-state index in [0.717, 1.165) is 0 Å². The molecule has 1 aliphatic heterocycles. The molecule has 1 fully saturated rings. The number of likely N-dealkylation sites (tertiary alicyclic amines) is 1. The van der Waals surface area contributed by atoms with E-state index in [1.54, 1.807) is 39.8 Å². The summed E-state index contributed by atoms with van der Waals surface area (Å²) in [6.07, 6.45) is -1.50. The van der Waals surface area contributed by atoms with Gasteiger partial charge >= 0.3 is 11.9 Å². The molecule has 1 saturated heterocycles. The maximum Gasteiger partial charge on any atom is 0.328 e. The van der Waals surface area contributed by atoms with E-state index in [1.165, 1.54) is 24.0 Å². The van der Waals surface area contributed by atoms with Crippen LogP contribution in [-0.2, 0) is 44.8 Å². The number of hydrogen-bond donors (Lipinski definition) is 12. The van der Waals surface area contributed by atoms with Crippen LogP contribution in [0.4, 0.5) is 0 Å². The molecule has 1 aliphatic rings. The molecule has 1 aromatic carbocycles. The van der Waals surface area contributed by atoms with E-state index in [0.29, 0.717) is 12.0 Å². The molecule has 1 aromatic rings. The standard InChI is InChI=1S/C40H64N10O12/c1-20(2)18-28(35(57)48-31(21(3)4)37(59)49-32(22(5)51)39(61)62)47-36(58)29-9-7-17-50(29)38(60)27(8-6-16-44-40(42)43)46-34(56)26(14-15-30(53)54)45-33(55)25(41)19-23-10-12-24(52)13-11-23/h10-13,20-22,25-29,31-32,51-52H,6-9,14-19,41H2,1-5H3,(H,45,55)(H,46,56)(H,47,58)(H,48,57)(H,49,59)(H,53,54)(H,61,62)(H4,42,43,44)/t22-,25+,26+,27+,28+,29+,31+,32+/m1/s1. The number of hydrogen-bond acceptors (Lipinski definition) is 12. The van der Waals surface area contributed by atoms with Gasteiger partial charge in [0.05, 0.1) is 12.1 Å². The molecular formula is C40H64N10O12. The maximum absolute atomic E-state index is 14.3. The predicted molar refractivity (Wildman–Crippen MR) is 225 cm³/mol. The lowest BCUT2D eigenvalue weighted by Gasteiger charge is -2.31. The Balaban J connectivity index is 2.33. The molecule has 0 aromatic heterocycles. The van der Waals surface area contributed by atoms with Crippen LogP contribution in [0.3, 0.4) is 0 Å². The lowest BCUT2D eigenvalue weighted by Crippen LogP contribution is -2.60. The minimum Gasteiger partial charge on any atom is -0.508 e. The first kappa shape index (κ1) is 52.1.